The molecule has 1 saturated heterocycles. The maximum absolute atomic E-state index is 11.4. The molecule has 0 bridgehead atoms. The molecule has 1 heterocycles. The summed E-state index contributed by atoms with van der Waals surface area (Å²) in [5.74, 6) is 1.32. The summed E-state index contributed by atoms with van der Waals surface area (Å²) in [6, 6.07) is 6.66. The number of nitrogens with zero attached hydrogens (tertiary/aromatic N) is 1. The first-order valence-electron chi connectivity index (χ1n) is 7.14. The molecule has 1 aromatic carbocycles. The maximum Gasteiger partial charge on any atom is 0.175 e. The van der Waals surface area contributed by atoms with Crippen LogP contribution in [0.25, 0.3) is 0 Å². The van der Waals surface area contributed by atoms with Crippen LogP contribution < -0.4 is 4.74 Å². The second kappa shape index (κ2) is 6.59. The van der Waals surface area contributed by atoms with E-state index >= 15 is 0 Å². The minimum atomic E-state index is -3.13. The molecule has 0 radical (unpaired) electrons. The van der Waals surface area contributed by atoms with Crippen LogP contribution in [0.3, 0.4) is 0 Å². The van der Waals surface area contributed by atoms with Crippen molar-refractivity contribution in [3.63, 3.8) is 0 Å². The van der Waals surface area contributed by atoms with Gasteiger partial charge in [0.05, 0.1) is 11.5 Å². The van der Waals surface area contributed by atoms with Gasteiger partial charge in [-0.05, 0) is 50.2 Å². The second-order valence-corrected chi connectivity index (χ2v) is 7.53. The van der Waals surface area contributed by atoms with Crippen LogP contribution in [0, 0.1) is 5.92 Å². The van der Waals surface area contributed by atoms with Crippen LogP contribution in [0.1, 0.15) is 19.8 Å². The van der Waals surface area contributed by atoms with Crippen molar-refractivity contribution in [1.82, 2.24) is 4.90 Å². The van der Waals surface area contributed by atoms with E-state index in [4.69, 9.17) is 4.74 Å². The van der Waals surface area contributed by atoms with E-state index in [0.717, 1.165) is 18.8 Å². The molecule has 4 nitrogen and oxygen atoms in total. The Morgan fingerprint density at radius 3 is 2.60 bits per heavy atom. The number of sulfone groups is 1. The molecular formula is C15H23NO3S. The molecule has 20 heavy (non-hydrogen) atoms. The molecule has 0 aromatic heterocycles. The van der Waals surface area contributed by atoms with Crippen LogP contribution in [-0.4, -0.2) is 45.8 Å². The topological polar surface area (TPSA) is 46.6 Å². The zero-order valence-electron chi connectivity index (χ0n) is 12.2. The van der Waals surface area contributed by atoms with E-state index in [1.165, 1.54) is 25.6 Å². The second-order valence-electron chi connectivity index (χ2n) is 5.51. The summed E-state index contributed by atoms with van der Waals surface area (Å²) in [6.07, 6.45) is 3.59. The summed E-state index contributed by atoms with van der Waals surface area (Å²) in [5.41, 5.74) is 0. The highest BCUT2D eigenvalue weighted by molar-refractivity contribution is 7.90. The lowest BCUT2D eigenvalue weighted by molar-refractivity contribution is 0.240. The molecule has 1 fully saturated rings. The molecule has 0 aliphatic carbocycles. The third-order valence-corrected chi connectivity index (χ3v) is 4.78. The van der Waals surface area contributed by atoms with Gasteiger partial charge < -0.3 is 9.64 Å². The molecule has 1 aliphatic rings. The molecule has 0 spiro atoms. The van der Waals surface area contributed by atoms with Crippen molar-refractivity contribution in [2.75, 3.05) is 32.5 Å². The zero-order valence-corrected chi connectivity index (χ0v) is 13.0. The highest BCUT2D eigenvalue weighted by Crippen LogP contribution is 2.20. The van der Waals surface area contributed by atoms with Crippen molar-refractivity contribution in [1.29, 1.82) is 0 Å². The van der Waals surface area contributed by atoms with Crippen molar-refractivity contribution in [3.05, 3.63) is 24.3 Å². The summed E-state index contributed by atoms with van der Waals surface area (Å²) >= 11 is 0. The zero-order chi connectivity index (χ0) is 14.6. The van der Waals surface area contributed by atoms with Crippen molar-refractivity contribution >= 4 is 9.84 Å². The Balaban J connectivity index is 1.83. The predicted molar refractivity (Wildman–Crippen MR) is 79.9 cm³/mol. The molecule has 0 amide bonds. The smallest absolute Gasteiger partial charge is 0.175 e. The van der Waals surface area contributed by atoms with Crippen molar-refractivity contribution in [3.8, 4) is 5.75 Å². The third kappa shape index (κ3) is 4.21. The molecule has 1 aromatic rings. The number of rotatable bonds is 6. The Morgan fingerprint density at radius 2 is 2.00 bits per heavy atom. The van der Waals surface area contributed by atoms with Gasteiger partial charge in [0.2, 0.25) is 0 Å². The standard InChI is InChI=1S/C15H23NO3S/c1-3-9-16-10-8-13(11-16)12-19-14-4-6-15(7-5-14)20(2,17)18/h4-7,13H,3,8-12H2,1-2H3. The van der Waals surface area contributed by atoms with Crippen LogP contribution in [0.15, 0.2) is 29.2 Å². The van der Waals surface area contributed by atoms with Gasteiger partial charge in [-0.1, -0.05) is 6.92 Å². The van der Waals surface area contributed by atoms with E-state index in [1.54, 1.807) is 24.3 Å². The first kappa shape index (κ1) is 15.3. The van der Waals surface area contributed by atoms with Gasteiger partial charge in [-0.15, -0.1) is 0 Å². The van der Waals surface area contributed by atoms with Crippen LogP contribution in [0.5, 0.6) is 5.75 Å². The van der Waals surface area contributed by atoms with Gasteiger partial charge in [-0.3, -0.25) is 0 Å². The van der Waals surface area contributed by atoms with E-state index in [2.05, 4.69) is 11.8 Å². The van der Waals surface area contributed by atoms with Crippen LogP contribution in [0.2, 0.25) is 0 Å². The predicted octanol–water partition coefficient (Wildman–Crippen LogP) is 2.20. The van der Waals surface area contributed by atoms with Gasteiger partial charge in [0.1, 0.15) is 5.75 Å². The molecule has 1 unspecified atom stereocenters. The molecule has 1 atom stereocenters. The lowest BCUT2D eigenvalue weighted by Gasteiger charge is -2.15. The monoisotopic (exact) mass is 297 g/mol. The van der Waals surface area contributed by atoms with Crippen LogP contribution in [0.4, 0.5) is 0 Å². The fraction of sp³-hybridized carbons (Fsp3) is 0.600. The number of hydrogen-bond donors (Lipinski definition) is 0. The van der Waals surface area contributed by atoms with Crippen molar-refractivity contribution in [2.45, 2.75) is 24.7 Å². The summed E-state index contributed by atoms with van der Waals surface area (Å²) in [5, 5.41) is 0. The minimum Gasteiger partial charge on any atom is -0.493 e. The molecule has 1 aliphatic heterocycles. The molecular weight excluding hydrogens is 274 g/mol. The number of benzene rings is 1. The molecule has 2 rings (SSSR count). The number of hydrogen-bond acceptors (Lipinski definition) is 4. The lowest BCUT2D eigenvalue weighted by Crippen LogP contribution is -2.23. The van der Waals surface area contributed by atoms with Crippen molar-refractivity contribution < 1.29 is 13.2 Å². The minimum absolute atomic E-state index is 0.333. The normalized spacial score (nSPS) is 20.2. The Hall–Kier alpha value is -1.07. The van der Waals surface area contributed by atoms with Gasteiger partial charge >= 0.3 is 0 Å². The van der Waals surface area contributed by atoms with Gasteiger partial charge in [-0.2, -0.15) is 0 Å². The Bertz CT molecular complexity index is 525. The highest BCUT2D eigenvalue weighted by Gasteiger charge is 2.22. The molecule has 0 saturated carbocycles. The van der Waals surface area contributed by atoms with E-state index < -0.39 is 9.84 Å². The number of ether oxygens (including phenoxy) is 1. The van der Waals surface area contributed by atoms with Crippen LogP contribution >= 0.6 is 0 Å². The van der Waals surface area contributed by atoms with E-state index in [-0.39, 0.29) is 0 Å². The largest absolute Gasteiger partial charge is 0.493 e. The summed E-state index contributed by atoms with van der Waals surface area (Å²) in [7, 11) is -3.13. The first-order valence-corrected chi connectivity index (χ1v) is 9.03. The molecule has 0 N–H and O–H groups in total. The fourth-order valence-electron chi connectivity index (χ4n) is 2.57. The average molecular weight is 297 g/mol. The van der Waals surface area contributed by atoms with Gasteiger partial charge in [0, 0.05) is 18.7 Å². The van der Waals surface area contributed by atoms with E-state index in [0.29, 0.717) is 17.4 Å². The van der Waals surface area contributed by atoms with E-state index in [1.807, 2.05) is 0 Å². The Kier molecular flexibility index (Phi) is 5.05. The quantitative estimate of drug-likeness (QED) is 0.807. The SMILES string of the molecule is CCCN1CCC(COc2ccc(S(C)(=O)=O)cc2)C1. The Labute approximate surface area is 121 Å². The fourth-order valence-corrected chi connectivity index (χ4v) is 3.20. The highest BCUT2D eigenvalue weighted by atomic mass is 32.2. The molecule has 5 heteroatoms. The third-order valence-electron chi connectivity index (χ3n) is 3.65. The Morgan fingerprint density at radius 1 is 1.30 bits per heavy atom. The summed E-state index contributed by atoms with van der Waals surface area (Å²) in [6.45, 7) is 6.34. The summed E-state index contributed by atoms with van der Waals surface area (Å²) in [4.78, 5) is 2.81. The molecule has 112 valence electrons. The van der Waals surface area contributed by atoms with Gasteiger partial charge in [0.15, 0.2) is 9.84 Å². The van der Waals surface area contributed by atoms with Gasteiger partial charge in [-0.25, -0.2) is 8.42 Å². The lowest BCUT2D eigenvalue weighted by atomic mass is 10.1. The van der Waals surface area contributed by atoms with E-state index in [9.17, 15) is 8.42 Å². The van der Waals surface area contributed by atoms with Gasteiger partial charge in [0.25, 0.3) is 0 Å². The summed E-state index contributed by atoms with van der Waals surface area (Å²) < 4.78 is 28.5. The van der Waals surface area contributed by atoms with Crippen molar-refractivity contribution in [2.24, 2.45) is 5.92 Å². The number of likely N-dealkylation sites (tertiary alicyclic amines) is 1. The average Bonchev–Trinajstić information content (AvgIpc) is 2.84. The first-order chi connectivity index (χ1) is 9.49. The van der Waals surface area contributed by atoms with Crippen LogP contribution in [-0.2, 0) is 9.84 Å². The maximum atomic E-state index is 11.4.